The van der Waals surface area contributed by atoms with Crippen molar-refractivity contribution in [1.82, 2.24) is 0 Å². The molecule has 0 bridgehead atoms. The Labute approximate surface area is 133 Å². The maximum absolute atomic E-state index is 11.8. The van der Waals surface area contributed by atoms with Gasteiger partial charge in [0.2, 0.25) is 0 Å². The number of hydrogen-bond acceptors (Lipinski definition) is 5. The standard InChI is InChI=1S/C16H16N2O5/c1-11-8-13(14(18(20)21)9-15(11)22-2)17-16(19)23-10-12-6-4-3-5-7-12/h3-9H,10H2,1-2H3,(H,17,19). The van der Waals surface area contributed by atoms with Gasteiger partial charge in [-0.05, 0) is 24.1 Å². The topological polar surface area (TPSA) is 90.7 Å². The van der Waals surface area contributed by atoms with Gasteiger partial charge in [0, 0.05) is 0 Å². The second-order valence-corrected chi connectivity index (χ2v) is 4.78. The highest BCUT2D eigenvalue weighted by atomic mass is 16.6. The monoisotopic (exact) mass is 316 g/mol. The maximum Gasteiger partial charge on any atom is 0.412 e. The van der Waals surface area contributed by atoms with Crippen LogP contribution in [0.25, 0.3) is 0 Å². The zero-order chi connectivity index (χ0) is 16.8. The molecule has 0 heterocycles. The molecule has 23 heavy (non-hydrogen) atoms. The zero-order valence-corrected chi connectivity index (χ0v) is 12.7. The molecule has 2 aromatic rings. The molecule has 120 valence electrons. The van der Waals surface area contributed by atoms with E-state index in [0.29, 0.717) is 11.3 Å². The Balaban J connectivity index is 2.11. The van der Waals surface area contributed by atoms with Crippen LogP contribution in [0.1, 0.15) is 11.1 Å². The fraction of sp³-hybridized carbons (Fsp3) is 0.188. The molecule has 0 atom stereocenters. The predicted octanol–water partition coefficient (Wildman–Crippen LogP) is 3.66. The van der Waals surface area contributed by atoms with Gasteiger partial charge in [0.05, 0.1) is 18.1 Å². The van der Waals surface area contributed by atoms with Gasteiger partial charge in [-0.1, -0.05) is 30.3 Å². The van der Waals surface area contributed by atoms with Crippen LogP contribution in [0, 0.1) is 17.0 Å². The lowest BCUT2D eigenvalue weighted by molar-refractivity contribution is -0.384. The number of anilines is 1. The van der Waals surface area contributed by atoms with Crippen molar-refractivity contribution in [2.45, 2.75) is 13.5 Å². The van der Waals surface area contributed by atoms with E-state index in [1.807, 2.05) is 30.3 Å². The van der Waals surface area contributed by atoms with Gasteiger partial charge in [0.25, 0.3) is 5.69 Å². The summed E-state index contributed by atoms with van der Waals surface area (Å²) in [7, 11) is 1.42. The highest BCUT2D eigenvalue weighted by Gasteiger charge is 2.19. The Morgan fingerprint density at radius 3 is 2.57 bits per heavy atom. The van der Waals surface area contributed by atoms with Crippen LogP contribution in [0.15, 0.2) is 42.5 Å². The number of nitro benzene ring substituents is 1. The molecule has 0 unspecified atom stereocenters. The van der Waals surface area contributed by atoms with E-state index in [1.165, 1.54) is 19.2 Å². The minimum Gasteiger partial charge on any atom is -0.496 e. The first kappa shape index (κ1) is 16.3. The van der Waals surface area contributed by atoms with Gasteiger partial charge < -0.3 is 9.47 Å². The first-order valence-electron chi connectivity index (χ1n) is 6.82. The van der Waals surface area contributed by atoms with E-state index >= 15 is 0 Å². The number of methoxy groups -OCH3 is 1. The van der Waals surface area contributed by atoms with Crippen LogP contribution >= 0.6 is 0 Å². The van der Waals surface area contributed by atoms with E-state index in [4.69, 9.17) is 9.47 Å². The molecule has 7 heteroatoms. The Bertz CT molecular complexity index is 716. The van der Waals surface area contributed by atoms with E-state index in [2.05, 4.69) is 5.32 Å². The Kier molecular flexibility index (Phi) is 5.14. The second-order valence-electron chi connectivity index (χ2n) is 4.78. The number of nitrogens with zero attached hydrogens (tertiary/aromatic N) is 1. The maximum atomic E-state index is 11.8. The molecule has 2 rings (SSSR count). The van der Waals surface area contributed by atoms with Crippen molar-refractivity contribution in [3.05, 3.63) is 63.7 Å². The summed E-state index contributed by atoms with van der Waals surface area (Å²) in [5.74, 6) is 0.375. The van der Waals surface area contributed by atoms with Crippen molar-refractivity contribution >= 4 is 17.5 Å². The molecule has 0 radical (unpaired) electrons. The van der Waals surface area contributed by atoms with Gasteiger partial charge in [-0.3, -0.25) is 15.4 Å². The van der Waals surface area contributed by atoms with Crippen LogP contribution in [0.4, 0.5) is 16.2 Å². The summed E-state index contributed by atoms with van der Waals surface area (Å²) < 4.78 is 10.1. The number of carbonyl (C=O) groups excluding carboxylic acids is 1. The number of carbonyl (C=O) groups is 1. The smallest absolute Gasteiger partial charge is 0.412 e. The molecule has 0 fully saturated rings. The quantitative estimate of drug-likeness (QED) is 0.671. The SMILES string of the molecule is COc1cc([N+](=O)[O-])c(NC(=O)OCc2ccccc2)cc1C. The van der Waals surface area contributed by atoms with Crippen LogP contribution in [-0.4, -0.2) is 18.1 Å². The molecule has 0 saturated carbocycles. The number of rotatable bonds is 5. The number of ether oxygens (including phenoxy) is 2. The molecular formula is C16H16N2O5. The molecule has 0 aliphatic rings. The average molecular weight is 316 g/mol. The molecule has 0 spiro atoms. The number of hydrogen-bond donors (Lipinski definition) is 1. The van der Waals surface area contributed by atoms with Gasteiger partial charge in [0.1, 0.15) is 18.0 Å². The van der Waals surface area contributed by atoms with Gasteiger partial charge in [-0.15, -0.1) is 0 Å². The molecule has 7 nitrogen and oxygen atoms in total. The summed E-state index contributed by atoms with van der Waals surface area (Å²) in [5, 5.41) is 13.5. The lowest BCUT2D eigenvalue weighted by atomic mass is 10.1. The molecule has 2 aromatic carbocycles. The van der Waals surface area contributed by atoms with Crippen molar-refractivity contribution in [3.63, 3.8) is 0 Å². The third-order valence-electron chi connectivity index (χ3n) is 3.16. The Hall–Kier alpha value is -3.09. The fourth-order valence-electron chi connectivity index (χ4n) is 2.02. The fourth-order valence-corrected chi connectivity index (χ4v) is 2.02. The molecule has 0 aliphatic carbocycles. The molecule has 1 amide bonds. The lowest BCUT2D eigenvalue weighted by Gasteiger charge is -2.10. The number of nitrogens with one attached hydrogen (secondary N) is 1. The van der Waals surface area contributed by atoms with Gasteiger partial charge in [-0.25, -0.2) is 4.79 Å². The summed E-state index contributed by atoms with van der Waals surface area (Å²) in [5.41, 5.74) is 1.29. The van der Waals surface area contributed by atoms with E-state index in [9.17, 15) is 14.9 Å². The molecular weight excluding hydrogens is 300 g/mol. The molecule has 1 N–H and O–H groups in total. The van der Waals surface area contributed by atoms with Crippen LogP contribution in [0.2, 0.25) is 0 Å². The van der Waals surface area contributed by atoms with E-state index in [0.717, 1.165) is 5.56 Å². The summed E-state index contributed by atoms with van der Waals surface area (Å²) in [6, 6.07) is 11.9. The third-order valence-corrected chi connectivity index (χ3v) is 3.16. The van der Waals surface area contributed by atoms with Crippen LogP contribution < -0.4 is 10.1 Å². The number of aryl methyl sites for hydroxylation is 1. The van der Waals surface area contributed by atoms with Crippen LogP contribution in [-0.2, 0) is 11.3 Å². The normalized spacial score (nSPS) is 10.0. The first-order valence-corrected chi connectivity index (χ1v) is 6.82. The van der Waals surface area contributed by atoms with Crippen molar-refractivity contribution in [1.29, 1.82) is 0 Å². The minimum absolute atomic E-state index is 0.0614. The van der Waals surface area contributed by atoms with Crippen LogP contribution in [0.5, 0.6) is 5.75 Å². The van der Waals surface area contributed by atoms with E-state index < -0.39 is 11.0 Å². The Morgan fingerprint density at radius 2 is 1.96 bits per heavy atom. The van der Waals surface area contributed by atoms with Crippen molar-refractivity contribution in [2.24, 2.45) is 0 Å². The van der Waals surface area contributed by atoms with E-state index in [-0.39, 0.29) is 18.0 Å². The summed E-state index contributed by atoms with van der Waals surface area (Å²) >= 11 is 0. The minimum atomic E-state index is -0.762. The zero-order valence-electron chi connectivity index (χ0n) is 12.7. The highest BCUT2D eigenvalue weighted by Crippen LogP contribution is 2.32. The number of benzene rings is 2. The van der Waals surface area contributed by atoms with Crippen LogP contribution in [0.3, 0.4) is 0 Å². The number of amides is 1. The largest absolute Gasteiger partial charge is 0.496 e. The third kappa shape index (κ3) is 4.19. The molecule has 0 aromatic heterocycles. The summed E-state index contributed by atoms with van der Waals surface area (Å²) in [4.78, 5) is 22.4. The molecule has 0 aliphatic heterocycles. The van der Waals surface area contributed by atoms with Crippen molar-refractivity contribution in [2.75, 3.05) is 12.4 Å². The van der Waals surface area contributed by atoms with Gasteiger partial charge in [0.15, 0.2) is 0 Å². The summed E-state index contributed by atoms with van der Waals surface area (Å²) in [6.45, 7) is 1.80. The van der Waals surface area contributed by atoms with Crippen molar-refractivity contribution in [3.8, 4) is 5.75 Å². The highest BCUT2D eigenvalue weighted by molar-refractivity contribution is 5.88. The summed E-state index contributed by atoms with van der Waals surface area (Å²) in [6.07, 6.45) is -0.762. The Morgan fingerprint density at radius 1 is 1.26 bits per heavy atom. The average Bonchev–Trinajstić information content (AvgIpc) is 2.54. The lowest BCUT2D eigenvalue weighted by Crippen LogP contribution is -2.15. The van der Waals surface area contributed by atoms with Crippen molar-refractivity contribution < 1.29 is 19.2 Å². The van der Waals surface area contributed by atoms with Gasteiger partial charge in [-0.2, -0.15) is 0 Å². The molecule has 0 saturated heterocycles. The first-order chi connectivity index (χ1) is 11.0. The van der Waals surface area contributed by atoms with E-state index in [1.54, 1.807) is 6.92 Å². The number of nitro groups is 1. The predicted molar refractivity (Wildman–Crippen MR) is 84.6 cm³/mol. The van der Waals surface area contributed by atoms with Gasteiger partial charge >= 0.3 is 6.09 Å². The second kappa shape index (κ2) is 7.26.